The summed E-state index contributed by atoms with van der Waals surface area (Å²) in [6.07, 6.45) is -3.42. The van der Waals surface area contributed by atoms with Gasteiger partial charge < -0.3 is 10.4 Å². The normalized spacial score (nSPS) is 23.2. The zero-order chi connectivity index (χ0) is 30.6. The third kappa shape index (κ3) is 5.36. The van der Waals surface area contributed by atoms with E-state index in [4.69, 9.17) is 0 Å². The Morgan fingerprint density at radius 2 is 1.83 bits per heavy atom. The molecule has 1 saturated carbocycles. The molecule has 4 amide bonds. The smallest absolute Gasteiger partial charge is 0.393 e. The number of carbonyl (C=O) groups is 3. The molecule has 2 aromatic carbocycles. The van der Waals surface area contributed by atoms with Gasteiger partial charge in [0.15, 0.2) is 5.78 Å². The number of aliphatic hydroxyl groups is 1. The van der Waals surface area contributed by atoms with Crippen LogP contribution in [0.1, 0.15) is 54.8 Å². The molecule has 0 aromatic heterocycles. The molecule has 42 heavy (non-hydrogen) atoms. The Balaban J connectivity index is 1.76. The highest BCUT2D eigenvalue weighted by atomic mass is 32.3. The van der Waals surface area contributed by atoms with Crippen LogP contribution in [0.4, 0.5) is 28.4 Å². The number of halogens is 3. The van der Waals surface area contributed by atoms with Gasteiger partial charge in [-0.2, -0.15) is 29.0 Å². The van der Waals surface area contributed by atoms with Gasteiger partial charge in [-0.1, -0.05) is 12.1 Å². The van der Waals surface area contributed by atoms with E-state index in [1.807, 2.05) is 6.07 Å². The van der Waals surface area contributed by atoms with Crippen molar-refractivity contribution in [3.05, 3.63) is 70.4 Å². The minimum absolute atomic E-state index is 0.0140. The summed E-state index contributed by atoms with van der Waals surface area (Å²) in [6.45, 7) is 0. The van der Waals surface area contributed by atoms with Gasteiger partial charge in [0.1, 0.15) is 6.04 Å². The summed E-state index contributed by atoms with van der Waals surface area (Å²) >= 11 is 0. The fraction of sp³-hybridized carbons (Fsp3) is 0.357. The first-order chi connectivity index (χ1) is 19.7. The van der Waals surface area contributed by atoms with Gasteiger partial charge >= 0.3 is 18.2 Å². The lowest BCUT2D eigenvalue weighted by atomic mass is 9.83. The molecule has 0 radical (unpaired) electrons. The third-order valence-electron chi connectivity index (χ3n) is 7.57. The highest BCUT2D eigenvalue weighted by Gasteiger charge is 2.49. The zero-order valence-electron chi connectivity index (χ0n) is 22.3. The molecule has 5 rings (SSSR count). The van der Waals surface area contributed by atoms with Gasteiger partial charge in [0, 0.05) is 35.6 Å². The van der Waals surface area contributed by atoms with Crippen LogP contribution in [0.15, 0.2) is 58.6 Å². The van der Waals surface area contributed by atoms with Crippen molar-refractivity contribution in [2.45, 2.75) is 61.4 Å². The summed E-state index contributed by atoms with van der Waals surface area (Å²) in [5.41, 5.74) is -1.10. The van der Waals surface area contributed by atoms with Gasteiger partial charge in [0.05, 0.1) is 33.9 Å². The molecule has 1 atom stereocenters. The summed E-state index contributed by atoms with van der Waals surface area (Å²) < 4.78 is 62.3. The number of benzene rings is 2. The molecule has 10 nitrogen and oxygen atoms in total. The number of Topliss-reactive ketones (excluding diaryl/α,β-unsaturated/α-hetero) is 1. The van der Waals surface area contributed by atoms with Crippen molar-refractivity contribution in [3.8, 4) is 6.07 Å². The molecule has 1 fully saturated rings. The van der Waals surface area contributed by atoms with Crippen LogP contribution in [0.2, 0.25) is 0 Å². The van der Waals surface area contributed by atoms with Crippen molar-refractivity contribution < 1.29 is 41.8 Å². The first-order valence-corrected chi connectivity index (χ1v) is 15.0. The Kier molecular flexibility index (Phi) is 7.56. The second-order valence-corrected chi connectivity index (χ2v) is 12.7. The number of carbonyl (C=O) groups excluding carboxylic acids is 3. The quantitative estimate of drug-likeness (QED) is 0.357. The molecule has 3 aliphatic rings. The number of amides is 4. The maximum atomic E-state index is 14.3. The molecule has 14 heteroatoms. The Hall–Kier alpha value is -3.90. The van der Waals surface area contributed by atoms with Crippen molar-refractivity contribution in [2.24, 2.45) is 0 Å². The largest absolute Gasteiger partial charge is 0.416 e. The van der Waals surface area contributed by atoms with E-state index in [2.05, 4.69) is 5.32 Å². The first-order valence-electron chi connectivity index (χ1n) is 13.0. The summed E-state index contributed by atoms with van der Waals surface area (Å²) in [5, 5.41) is 21.8. The fourth-order valence-corrected chi connectivity index (χ4v) is 6.53. The van der Waals surface area contributed by atoms with Crippen LogP contribution >= 0.6 is 10.6 Å². The number of anilines is 1. The monoisotopic (exact) mass is 604 g/mol. The Labute approximate surface area is 240 Å². The minimum Gasteiger partial charge on any atom is -0.393 e. The predicted molar refractivity (Wildman–Crippen MR) is 146 cm³/mol. The Bertz CT molecular complexity index is 1540. The van der Waals surface area contributed by atoms with Crippen molar-refractivity contribution in [2.75, 3.05) is 11.2 Å². The Morgan fingerprint density at radius 1 is 1.12 bits per heavy atom. The molecular formula is C28H27F3N4O6S. The van der Waals surface area contributed by atoms with Gasteiger partial charge in [-0.3, -0.25) is 18.8 Å². The number of imide groups is 1. The van der Waals surface area contributed by atoms with Crippen LogP contribution in [0.25, 0.3) is 0 Å². The summed E-state index contributed by atoms with van der Waals surface area (Å²) in [4.78, 5) is 43.1. The fourth-order valence-electron chi connectivity index (χ4n) is 5.55. The molecule has 0 unspecified atom stereocenters. The molecule has 0 spiro atoms. The van der Waals surface area contributed by atoms with Crippen LogP contribution in [0.3, 0.4) is 0 Å². The van der Waals surface area contributed by atoms with Crippen molar-refractivity contribution in [3.63, 3.8) is 0 Å². The highest BCUT2D eigenvalue weighted by molar-refractivity contribution is 8.23. The first kappa shape index (κ1) is 29.6. The van der Waals surface area contributed by atoms with Crippen LogP contribution in [0, 0.1) is 11.3 Å². The van der Waals surface area contributed by atoms with E-state index in [0.29, 0.717) is 11.3 Å². The third-order valence-corrected chi connectivity index (χ3v) is 8.76. The molecule has 2 aliphatic carbocycles. The molecule has 1 heterocycles. The van der Waals surface area contributed by atoms with Gasteiger partial charge in [-0.05, 0) is 56.0 Å². The topological polar surface area (TPSA) is 154 Å². The van der Waals surface area contributed by atoms with Crippen LogP contribution in [-0.2, 0) is 11.0 Å². The lowest BCUT2D eigenvalue weighted by molar-refractivity contribution is -0.137. The number of allylic oxidation sites excluding steroid dienone is 1. The molecule has 222 valence electrons. The SMILES string of the molecule is CS(O)(O)c1cc(C#N)ccc1[C@@H]1C2=C(CCCC2=O)N(c2cccc(C(F)(F)F)c2)C(=O)N1C(=O)NC1CC(O)C1. The van der Waals surface area contributed by atoms with E-state index in [0.717, 1.165) is 29.4 Å². The molecular weight excluding hydrogens is 577 g/mol. The maximum absolute atomic E-state index is 14.3. The Morgan fingerprint density at radius 3 is 2.45 bits per heavy atom. The average Bonchev–Trinajstić information content (AvgIpc) is 2.90. The number of rotatable bonds is 4. The zero-order valence-corrected chi connectivity index (χ0v) is 23.1. The van der Waals surface area contributed by atoms with Gasteiger partial charge in [-0.15, -0.1) is 0 Å². The second-order valence-electron chi connectivity index (χ2n) is 10.5. The number of alkyl halides is 3. The van der Waals surface area contributed by atoms with Crippen molar-refractivity contribution >= 4 is 34.1 Å². The number of ketones is 1. The number of nitrogens with one attached hydrogen (secondary N) is 1. The maximum Gasteiger partial charge on any atom is 0.416 e. The predicted octanol–water partition coefficient (Wildman–Crippen LogP) is 5.54. The van der Waals surface area contributed by atoms with Crippen molar-refractivity contribution in [1.29, 1.82) is 5.26 Å². The summed E-state index contributed by atoms with van der Waals surface area (Å²) in [5.74, 6) is -0.467. The highest BCUT2D eigenvalue weighted by Crippen LogP contribution is 2.52. The van der Waals surface area contributed by atoms with E-state index in [-0.39, 0.29) is 58.7 Å². The van der Waals surface area contributed by atoms with E-state index in [1.54, 1.807) is 0 Å². The van der Waals surface area contributed by atoms with Gasteiger partial charge in [-0.25, -0.2) is 14.5 Å². The van der Waals surface area contributed by atoms with Crippen LogP contribution < -0.4 is 10.2 Å². The molecule has 0 saturated heterocycles. The van der Waals surface area contributed by atoms with E-state index < -0.39 is 58.4 Å². The minimum atomic E-state index is -4.73. The lowest BCUT2D eigenvalue weighted by Crippen LogP contribution is -2.59. The van der Waals surface area contributed by atoms with Gasteiger partial charge in [0.2, 0.25) is 0 Å². The standard InChI is InChI=1S/C28H27F3N4O6S/c1-42(40,41)23-10-15(14-32)8-9-20(23)25-24-21(6-3-7-22(24)37)34(18-5-2-4-16(11-18)28(29,30)31)27(39)35(25)26(38)33-17-12-19(36)13-17/h2,4-5,8-11,17,19,25,36,40-41H,3,6-7,12-13H2,1H3,(H,33,38)/t17?,19?,25-/m1/s1. The van der Waals surface area contributed by atoms with E-state index in [9.17, 15) is 47.0 Å². The van der Waals surface area contributed by atoms with Crippen molar-refractivity contribution in [1.82, 2.24) is 10.2 Å². The van der Waals surface area contributed by atoms with E-state index >= 15 is 0 Å². The second kappa shape index (κ2) is 10.7. The molecule has 2 aromatic rings. The summed E-state index contributed by atoms with van der Waals surface area (Å²) in [7, 11) is -3.58. The number of urea groups is 2. The lowest BCUT2D eigenvalue weighted by Gasteiger charge is -2.46. The number of aliphatic hydroxyl groups excluding tert-OH is 1. The number of hydrogen-bond acceptors (Lipinski definition) is 7. The van der Waals surface area contributed by atoms with Gasteiger partial charge in [0.25, 0.3) is 0 Å². The summed E-state index contributed by atoms with van der Waals surface area (Å²) in [6, 6.07) is 5.77. The average molecular weight is 605 g/mol. The number of hydrogen-bond donors (Lipinski definition) is 4. The van der Waals surface area contributed by atoms with E-state index in [1.165, 1.54) is 24.3 Å². The van der Waals surface area contributed by atoms with Crippen LogP contribution in [-0.4, -0.2) is 55.4 Å². The molecule has 1 aliphatic heterocycles. The molecule has 4 N–H and O–H groups in total. The molecule has 0 bridgehead atoms. The number of nitrogens with zero attached hydrogens (tertiary/aromatic N) is 3. The number of nitriles is 1. The van der Waals surface area contributed by atoms with Crippen LogP contribution in [0.5, 0.6) is 0 Å².